The molecule has 160 valence electrons. The predicted molar refractivity (Wildman–Crippen MR) is 107 cm³/mol. The Bertz CT molecular complexity index is 966. The topological polar surface area (TPSA) is 82.1 Å². The normalized spacial score (nSPS) is 23.3. The average Bonchev–Trinajstić information content (AvgIpc) is 2.91. The molecule has 0 aromatic heterocycles. The van der Waals surface area contributed by atoms with E-state index in [0.717, 1.165) is 22.3 Å². The molecule has 1 aliphatic heterocycles. The standard InChI is InChI=1S/C23H25FO6/c1-11-6-12(2)9-16(8-11)20(25)28-19-18(24)22(27)30-23(19)29-21(26)17-10-13(3)7-14(4)15(17)5/h6-10,18-19,22-23,27H,1-5H3/t18-,19-,22?,23-/m0/s1. The molecule has 4 atom stereocenters. The van der Waals surface area contributed by atoms with Crippen LogP contribution < -0.4 is 0 Å². The molecule has 1 unspecified atom stereocenters. The van der Waals surface area contributed by atoms with Crippen molar-refractivity contribution in [1.29, 1.82) is 0 Å². The number of aryl methyl sites for hydroxylation is 4. The van der Waals surface area contributed by atoms with Crippen LogP contribution in [0.4, 0.5) is 4.39 Å². The Hall–Kier alpha value is -2.77. The monoisotopic (exact) mass is 416 g/mol. The van der Waals surface area contributed by atoms with Gasteiger partial charge >= 0.3 is 11.9 Å². The lowest BCUT2D eigenvalue weighted by Crippen LogP contribution is -2.37. The number of benzene rings is 2. The fourth-order valence-electron chi connectivity index (χ4n) is 3.52. The first-order chi connectivity index (χ1) is 14.1. The molecule has 1 saturated heterocycles. The van der Waals surface area contributed by atoms with Gasteiger partial charge in [0.25, 0.3) is 0 Å². The van der Waals surface area contributed by atoms with Gasteiger partial charge in [0.1, 0.15) is 0 Å². The van der Waals surface area contributed by atoms with E-state index < -0.39 is 36.8 Å². The summed E-state index contributed by atoms with van der Waals surface area (Å²) in [5.41, 5.74) is 4.69. The van der Waals surface area contributed by atoms with E-state index >= 15 is 0 Å². The van der Waals surface area contributed by atoms with Gasteiger partial charge in [0.2, 0.25) is 12.4 Å². The minimum atomic E-state index is -2.06. The molecule has 2 aromatic carbocycles. The summed E-state index contributed by atoms with van der Waals surface area (Å²) >= 11 is 0. The van der Waals surface area contributed by atoms with E-state index in [-0.39, 0.29) is 5.56 Å². The zero-order valence-corrected chi connectivity index (χ0v) is 17.6. The van der Waals surface area contributed by atoms with Crippen LogP contribution in [-0.2, 0) is 14.2 Å². The smallest absolute Gasteiger partial charge is 0.340 e. The lowest BCUT2D eigenvalue weighted by atomic mass is 10.0. The third kappa shape index (κ3) is 4.52. The molecule has 1 fully saturated rings. The Labute approximate surface area is 174 Å². The van der Waals surface area contributed by atoms with E-state index in [1.165, 1.54) is 0 Å². The van der Waals surface area contributed by atoms with Crippen molar-refractivity contribution in [3.05, 3.63) is 69.3 Å². The highest BCUT2D eigenvalue weighted by molar-refractivity contribution is 5.92. The third-order valence-corrected chi connectivity index (χ3v) is 5.08. The number of hydrogen-bond donors (Lipinski definition) is 1. The van der Waals surface area contributed by atoms with Crippen LogP contribution in [0.15, 0.2) is 30.3 Å². The Morgan fingerprint density at radius 1 is 0.900 bits per heavy atom. The quantitative estimate of drug-likeness (QED) is 0.767. The number of carbonyl (C=O) groups excluding carboxylic acids is 2. The summed E-state index contributed by atoms with van der Waals surface area (Å²) in [5.74, 6) is -1.55. The van der Waals surface area contributed by atoms with Crippen LogP contribution in [0.25, 0.3) is 0 Å². The van der Waals surface area contributed by atoms with Crippen LogP contribution in [0.2, 0.25) is 0 Å². The molecule has 1 aliphatic rings. The third-order valence-electron chi connectivity index (χ3n) is 5.08. The number of rotatable bonds is 4. The first-order valence-corrected chi connectivity index (χ1v) is 9.62. The van der Waals surface area contributed by atoms with Gasteiger partial charge in [0.05, 0.1) is 11.1 Å². The largest absolute Gasteiger partial charge is 0.449 e. The van der Waals surface area contributed by atoms with Crippen LogP contribution in [0, 0.1) is 34.6 Å². The first kappa shape index (κ1) is 21.9. The van der Waals surface area contributed by atoms with Gasteiger partial charge in [-0.05, 0) is 69.5 Å². The van der Waals surface area contributed by atoms with Crippen molar-refractivity contribution in [3.8, 4) is 0 Å². The molecule has 7 heteroatoms. The van der Waals surface area contributed by atoms with Gasteiger partial charge in [-0.3, -0.25) is 0 Å². The zero-order valence-electron chi connectivity index (χ0n) is 17.6. The molecule has 0 bridgehead atoms. The van der Waals surface area contributed by atoms with Crippen LogP contribution in [0.5, 0.6) is 0 Å². The lowest BCUT2D eigenvalue weighted by molar-refractivity contribution is -0.181. The van der Waals surface area contributed by atoms with E-state index in [1.54, 1.807) is 25.1 Å². The second-order valence-corrected chi connectivity index (χ2v) is 7.75. The Kier molecular flexibility index (Phi) is 6.24. The molecule has 0 spiro atoms. The summed E-state index contributed by atoms with van der Waals surface area (Å²) in [7, 11) is 0. The minimum Gasteiger partial charge on any atom is -0.449 e. The maximum Gasteiger partial charge on any atom is 0.340 e. The van der Waals surface area contributed by atoms with Crippen molar-refractivity contribution in [2.75, 3.05) is 0 Å². The summed E-state index contributed by atoms with van der Waals surface area (Å²) in [6.45, 7) is 9.11. The number of alkyl halides is 1. The molecule has 0 amide bonds. The number of hydrogen-bond acceptors (Lipinski definition) is 6. The fourth-order valence-corrected chi connectivity index (χ4v) is 3.52. The van der Waals surface area contributed by atoms with E-state index in [2.05, 4.69) is 0 Å². The van der Waals surface area contributed by atoms with Crippen molar-refractivity contribution < 1.29 is 33.3 Å². The van der Waals surface area contributed by atoms with Crippen LogP contribution in [0.3, 0.4) is 0 Å². The summed E-state index contributed by atoms with van der Waals surface area (Å²) in [6.07, 6.45) is -7.10. The van der Waals surface area contributed by atoms with Crippen molar-refractivity contribution in [2.24, 2.45) is 0 Å². The summed E-state index contributed by atoms with van der Waals surface area (Å²) < 4.78 is 30.0. The van der Waals surface area contributed by atoms with Gasteiger partial charge in [-0.25, -0.2) is 14.0 Å². The maximum atomic E-state index is 14.5. The Morgan fingerprint density at radius 3 is 2.13 bits per heavy atom. The van der Waals surface area contributed by atoms with E-state index in [4.69, 9.17) is 14.2 Å². The number of aliphatic hydroxyl groups is 1. The number of aliphatic hydroxyl groups excluding tert-OH is 1. The molecule has 2 aromatic rings. The van der Waals surface area contributed by atoms with Crippen molar-refractivity contribution in [3.63, 3.8) is 0 Å². The highest BCUT2D eigenvalue weighted by Crippen LogP contribution is 2.29. The molecule has 3 rings (SSSR count). The zero-order chi connectivity index (χ0) is 22.2. The van der Waals surface area contributed by atoms with E-state index in [9.17, 15) is 19.1 Å². The molecule has 1 N–H and O–H groups in total. The van der Waals surface area contributed by atoms with Crippen LogP contribution in [0.1, 0.15) is 48.5 Å². The summed E-state index contributed by atoms with van der Waals surface area (Å²) in [5, 5.41) is 9.76. The molecule has 0 saturated carbocycles. The second-order valence-electron chi connectivity index (χ2n) is 7.75. The molecule has 30 heavy (non-hydrogen) atoms. The summed E-state index contributed by atoms with van der Waals surface area (Å²) in [4.78, 5) is 25.2. The Morgan fingerprint density at radius 2 is 1.50 bits per heavy atom. The summed E-state index contributed by atoms with van der Waals surface area (Å²) in [6, 6.07) is 8.67. The number of ether oxygens (including phenoxy) is 3. The van der Waals surface area contributed by atoms with E-state index in [1.807, 2.05) is 39.8 Å². The molecule has 1 heterocycles. The lowest BCUT2D eigenvalue weighted by Gasteiger charge is -2.20. The second kappa shape index (κ2) is 8.53. The minimum absolute atomic E-state index is 0.233. The highest BCUT2D eigenvalue weighted by Gasteiger charge is 2.49. The van der Waals surface area contributed by atoms with Crippen molar-refractivity contribution in [2.45, 2.75) is 59.5 Å². The van der Waals surface area contributed by atoms with Gasteiger partial charge in [0, 0.05) is 0 Å². The average molecular weight is 416 g/mol. The van der Waals surface area contributed by atoms with Crippen LogP contribution in [-0.4, -0.2) is 41.9 Å². The predicted octanol–water partition coefficient (Wildman–Crippen LogP) is 3.62. The SMILES string of the molecule is Cc1cc(C)cc(C(=O)O[C@@H]2[C@@H](OC(=O)c3cc(C)cc(C)c3C)OC(O)[C@H]2F)c1. The number of carbonyl (C=O) groups is 2. The number of halogens is 1. The van der Waals surface area contributed by atoms with Gasteiger partial charge in [-0.15, -0.1) is 0 Å². The van der Waals surface area contributed by atoms with Gasteiger partial charge in [0.15, 0.2) is 12.5 Å². The number of esters is 2. The van der Waals surface area contributed by atoms with E-state index in [0.29, 0.717) is 11.1 Å². The first-order valence-electron chi connectivity index (χ1n) is 9.62. The van der Waals surface area contributed by atoms with Gasteiger partial charge < -0.3 is 19.3 Å². The molecule has 0 radical (unpaired) electrons. The maximum absolute atomic E-state index is 14.5. The van der Waals surface area contributed by atoms with Gasteiger partial charge in [-0.2, -0.15) is 0 Å². The molecular formula is C23H25FO6. The fraction of sp³-hybridized carbons (Fsp3) is 0.391. The molecular weight excluding hydrogens is 391 g/mol. The molecule has 0 aliphatic carbocycles. The Balaban J connectivity index is 1.80. The van der Waals surface area contributed by atoms with Crippen LogP contribution >= 0.6 is 0 Å². The highest BCUT2D eigenvalue weighted by atomic mass is 19.1. The van der Waals surface area contributed by atoms with Crippen molar-refractivity contribution >= 4 is 11.9 Å². The van der Waals surface area contributed by atoms with Gasteiger partial charge in [-0.1, -0.05) is 23.3 Å². The van der Waals surface area contributed by atoms with Crippen molar-refractivity contribution in [1.82, 2.24) is 0 Å². The molecule has 6 nitrogen and oxygen atoms in total.